The van der Waals surface area contributed by atoms with Crippen LogP contribution in [0.4, 0.5) is 0 Å². The van der Waals surface area contributed by atoms with Gasteiger partial charge in [0.2, 0.25) is 0 Å². The van der Waals surface area contributed by atoms with Gasteiger partial charge in [-0.3, -0.25) is 4.79 Å². The molecule has 1 atom stereocenters. The van der Waals surface area contributed by atoms with Crippen LogP contribution in [-0.4, -0.2) is 30.6 Å². The lowest BCUT2D eigenvalue weighted by Crippen LogP contribution is -2.34. The molecule has 26 heavy (non-hydrogen) atoms. The molecule has 2 N–H and O–H groups in total. The fourth-order valence-electron chi connectivity index (χ4n) is 3.18. The lowest BCUT2D eigenvalue weighted by Gasteiger charge is -2.10. The molecule has 0 unspecified atom stereocenters. The van der Waals surface area contributed by atoms with Crippen LogP contribution in [0.25, 0.3) is 0 Å². The van der Waals surface area contributed by atoms with Crippen LogP contribution in [0.5, 0.6) is 0 Å². The molecule has 0 spiro atoms. The summed E-state index contributed by atoms with van der Waals surface area (Å²) in [6, 6.07) is -0.467. The summed E-state index contributed by atoms with van der Waals surface area (Å²) in [4.78, 5) is 11.5. The second-order valence-corrected chi connectivity index (χ2v) is 8.44. The number of ether oxygens (including phenoxy) is 1. The molecule has 3 nitrogen and oxygen atoms in total. The third-order valence-corrected chi connectivity index (χ3v) is 5.58. The SMILES string of the molecule is CCCCCCCCCCCCCCCCCCOC(=O)[C@@H](N)CSC. The van der Waals surface area contributed by atoms with E-state index in [1.165, 1.54) is 89.9 Å². The van der Waals surface area contributed by atoms with E-state index >= 15 is 0 Å². The molecule has 0 bridgehead atoms. The Morgan fingerprint density at radius 2 is 1.15 bits per heavy atom. The van der Waals surface area contributed by atoms with Gasteiger partial charge < -0.3 is 10.5 Å². The summed E-state index contributed by atoms with van der Waals surface area (Å²) in [6.45, 7) is 2.81. The summed E-state index contributed by atoms with van der Waals surface area (Å²) in [5.41, 5.74) is 5.70. The minimum atomic E-state index is -0.467. The number of hydrogen-bond acceptors (Lipinski definition) is 4. The molecule has 0 aliphatic rings. The van der Waals surface area contributed by atoms with Gasteiger partial charge in [-0.1, -0.05) is 103 Å². The van der Waals surface area contributed by atoms with E-state index in [1.807, 2.05) is 6.26 Å². The monoisotopic (exact) mass is 387 g/mol. The predicted octanol–water partition coefficient (Wildman–Crippen LogP) is 6.48. The first kappa shape index (κ1) is 25.8. The summed E-state index contributed by atoms with van der Waals surface area (Å²) in [5, 5.41) is 0. The molecule has 0 aromatic rings. The summed E-state index contributed by atoms with van der Waals surface area (Å²) in [6.07, 6.45) is 23.6. The number of thioether (sulfide) groups is 1. The number of unbranched alkanes of at least 4 members (excludes halogenated alkanes) is 15. The van der Waals surface area contributed by atoms with Crippen LogP contribution in [0.1, 0.15) is 110 Å². The van der Waals surface area contributed by atoms with Gasteiger partial charge in [-0.15, -0.1) is 0 Å². The molecule has 0 aromatic carbocycles. The Morgan fingerprint density at radius 1 is 0.769 bits per heavy atom. The van der Waals surface area contributed by atoms with Gasteiger partial charge in [0.25, 0.3) is 0 Å². The van der Waals surface area contributed by atoms with Crippen molar-refractivity contribution < 1.29 is 9.53 Å². The van der Waals surface area contributed by atoms with Crippen LogP contribution in [0, 0.1) is 0 Å². The van der Waals surface area contributed by atoms with Crippen molar-refractivity contribution in [2.45, 2.75) is 116 Å². The highest BCUT2D eigenvalue weighted by atomic mass is 32.2. The van der Waals surface area contributed by atoms with E-state index in [-0.39, 0.29) is 5.97 Å². The maximum atomic E-state index is 11.5. The van der Waals surface area contributed by atoms with Crippen molar-refractivity contribution in [3.05, 3.63) is 0 Å². The Balaban J connectivity index is 3.12. The fourth-order valence-corrected chi connectivity index (χ4v) is 3.67. The maximum absolute atomic E-state index is 11.5. The standard InChI is InChI=1S/C22H45NO2S/c1-3-4-5-6-7-8-9-10-11-12-13-14-15-16-17-18-19-25-22(24)21(23)20-26-2/h21H,3-20,23H2,1-2H3/t21-/m0/s1. The van der Waals surface area contributed by atoms with Gasteiger partial charge in [0.15, 0.2) is 0 Å². The van der Waals surface area contributed by atoms with Crippen molar-refractivity contribution in [1.82, 2.24) is 0 Å². The first-order chi connectivity index (χ1) is 12.7. The minimum absolute atomic E-state index is 0.250. The van der Waals surface area contributed by atoms with Crippen LogP contribution < -0.4 is 5.73 Å². The first-order valence-corrected chi connectivity index (χ1v) is 12.5. The lowest BCUT2D eigenvalue weighted by molar-refractivity contribution is -0.144. The Kier molecular flexibility index (Phi) is 20.9. The van der Waals surface area contributed by atoms with Crippen LogP contribution in [0.2, 0.25) is 0 Å². The molecule has 0 saturated carbocycles. The molecule has 0 saturated heterocycles. The molecule has 0 heterocycles. The van der Waals surface area contributed by atoms with E-state index < -0.39 is 6.04 Å². The van der Waals surface area contributed by atoms with Crippen molar-refractivity contribution in [3.8, 4) is 0 Å². The number of nitrogens with two attached hydrogens (primary N) is 1. The lowest BCUT2D eigenvalue weighted by atomic mass is 10.0. The normalized spacial score (nSPS) is 12.3. The largest absolute Gasteiger partial charge is 0.465 e. The first-order valence-electron chi connectivity index (χ1n) is 11.1. The molecule has 0 aromatic heterocycles. The fraction of sp³-hybridized carbons (Fsp3) is 0.955. The quantitative estimate of drug-likeness (QED) is 0.192. The molecule has 156 valence electrons. The second-order valence-electron chi connectivity index (χ2n) is 7.53. The molecule has 0 aliphatic heterocycles. The molecule has 0 rings (SSSR count). The molecular formula is C22H45NO2S. The van der Waals surface area contributed by atoms with E-state index in [1.54, 1.807) is 11.8 Å². The van der Waals surface area contributed by atoms with Crippen LogP contribution in [0.3, 0.4) is 0 Å². The van der Waals surface area contributed by atoms with Gasteiger partial charge >= 0.3 is 5.97 Å². The zero-order valence-corrected chi connectivity index (χ0v) is 18.4. The number of carbonyl (C=O) groups is 1. The molecule has 0 fully saturated rings. The summed E-state index contributed by atoms with van der Waals surface area (Å²) in [5.74, 6) is 0.387. The highest BCUT2D eigenvalue weighted by Gasteiger charge is 2.13. The minimum Gasteiger partial charge on any atom is -0.465 e. The molecule has 0 aliphatic carbocycles. The second kappa shape index (κ2) is 21.1. The summed E-state index contributed by atoms with van der Waals surface area (Å²) >= 11 is 1.58. The van der Waals surface area contributed by atoms with E-state index in [4.69, 9.17) is 10.5 Å². The smallest absolute Gasteiger partial charge is 0.323 e. The van der Waals surface area contributed by atoms with Gasteiger partial charge in [0, 0.05) is 5.75 Å². The third-order valence-electron chi connectivity index (χ3n) is 4.89. The van der Waals surface area contributed by atoms with Gasteiger partial charge in [-0.2, -0.15) is 11.8 Å². The highest BCUT2D eigenvalue weighted by molar-refractivity contribution is 7.98. The number of hydrogen-bond donors (Lipinski definition) is 1. The van der Waals surface area contributed by atoms with Gasteiger partial charge in [-0.25, -0.2) is 0 Å². The van der Waals surface area contributed by atoms with Crippen LogP contribution in [-0.2, 0) is 9.53 Å². The van der Waals surface area contributed by atoms with Crippen LogP contribution in [0.15, 0.2) is 0 Å². The van der Waals surface area contributed by atoms with Crippen molar-refractivity contribution in [3.63, 3.8) is 0 Å². The van der Waals surface area contributed by atoms with E-state index in [2.05, 4.69) is 6.92 Å². The predicted molar refractivity (Wildman–Crippen MR) is 117 cm³/mol. The van der Waals surface area contributed by atoms with Crippen molar-refractivity contribution >= 4 is 17.7 Å². The van der Waals surface area contributed by atoms with E-state index in [9.17, 15) is 4.79 Å². The van der Waals surface area contributed by atoms with Crippen molar-refractivity contribution in [2.75, 3.05) is 18.6 Å². The Labute approximate surface area is 167 Å². The number of rotatable bonds is 20. The van der Waals surface area contributed by atoms with Crippen LogP contribution >= 0.6 is 11.8 Å². The maximum Gasteiger partial charge on any atom is 0.323 e. The van der Waals surface area contributed by atoms with E-state index in [0.717, 1.165) is 12.8 Å². The average molecular weight is 388 g/mol. The summed E-state index contributed by atoms with van der Waals surface area (Å²) in [7, 11) is 0. The number of carbonyl (C=O) groups excluding carboxylic acids is 1. The van der Waals surface area contributed by atoms with Crippen molar-refractivity contribution in [1.29, 1.82) is 0 Å². The Hall–Kier alpha value is -0.220. The number of esters is 1. The molecule has 4 heteroatoms. The summed E-state index contributed by atoms with van der Waals surface area (Å²) < 4.78 is 5.20. The van der Waals surface area contributed by atoms with Crippen molar-refractivity contribution in [2.24, 2.45) is 5.73 Å². The Morgan fingerprint density at radius 3 is 1.54 bits per heavy atom. The average Bonchev–Trinajstić information content (AvgIpc) is 2.64. The van der Waals surface area contributed by atoms with Gasteiger partial charge in [-0.05, 0) is 12.7 Å². The molecular weight excluding hydrogens is 342 g/mol. The molecule has 0 radical (unpaired) electrons. The topological polar surface area (TPSA) is 52.3 Å². The highest BCUT2D eigenvalue weighted by Crippen LogP contribution is 2.13. The Bertz CT molecular complexity index is 300. The molecule has 0 amide bonds. The van der Waals surface area contributed by atoms with E-state index in [0.29, 0.717) is 12.4 Å². The van der Waals surface area contributed by atoms with Gasteiger partial charge in [0.05, 0.1) is 6.61 Å². The van der Waals surface area contributed by atoms with Gasteiger partial charge in [0.1, 0.15) is 6.04 Å². The zero-order chi connectivity index (χ0) is 19.3. The third kappa shape index (κ3) is 18.6. The zero-order valence-electron chi connectivity index (χ0n) is 17.6.